The van der Waals surface area contributed by atoms with Gasteiger partial charge in [-0.2, -0.15) is 4.98 Å². The molecule has 0 spiro atoms. The Kier molecular flexibility index (Phi) is 3.41. The first-order chi connectivity index (χ1) is 8.19. The lowest BCUT2D eigenvalue weighted by atomic mass is 10.3. The first-order valence-corrected chi connectivity index (χ1v) is 5.30. The molecule has 1 aromatic carbocycles. The minimum absolute atomic E-state index is 0.299. The summed E-state index contributed by atoms with van der Waals surface area (Å²) in [5.74, 6) is 6.59. The van der Waals surface area contributed by atoms with Crippen molar-refractivity contribution in [3.05, 3.63) is 41.0 Å². The van der Waals surface area contributed by atoms with Gasteiger partial charge in [-0.25, -0.2) is 10.8 Å². The molecule has 0 saturated carbocycles. The van der Waals surface area contributed by atoms with Crippen LogP contribution in [0.3, 0.4) is 0 Å². The van der Waals surface area contributed by atoms with Crippen molar-refractivity contribution in [2.75, 3.05) is 5.43 Å². The van der Waals surface area contributed by atoms with Crippen LogP contribution in [0.25, 0.3) is 0 Å². The number of hydrogen-bond donors (Lipinski definition) is 2. The Morgan fingerprint density at radius 2 is 2.24 bits per heavy atom. The Morgan fingerprint density at radius 3 is 2.94 bits per heavy atom. The number of aryl methyl sites for hydroxylation is 1. The van der Waals surface area contributed by atoms with Gasteiger partial charge in [-0.3, -0.25) is 5.43 Å². The summed E-state index contributed by atoms with van der Waals surface area (Å²) in [6.45, 7) is 1.85. The van der Waals surface area contributed by atoms with Crippen LogP contribution in [0.2, 0.25) is 5.02 Å². The molecule has 2 rings (SSSR count). The molecule has 6 heteroatoms. The first kappa shape index (κ1) is 11.6. The van der Waals surface area contributed by atoms with Gasteiger partial charge in [0.25, 0.3) is 0 Å². The Bertz CT molecular complexity index is 533. The average molecular weight is 251 g/mol. The summed E-state index contributed by atoms with van der Waals surface area (Å²) in [4.78, 5) is 8.07. The second-order valence-corrected chi connectivity index (χ2v) is 3.82. The zero-order chi connectivity index (χ0) is 12.3. The molecule has 5 nitrogen and oxygen atoms in total. The highest BCUT2D eigenvalue weighted by molar-refractivity contribution is 6.30. The number of halogens is 1. The van der Waals surface area contributed by atoms with E-state index in [1.807, 2.05) is 6.92 Å². The molecule has 0 aliphatic rings. The zero-order valence-corrected chi connectivity index (χ0v) is 9.90. The summed E-state index contributed by atoms with van der Waals surface area (Å²) in [6.07, 6.45) is 1.63. The molecule has 0 amide bonds. The molecule has 0 aliphatic carbocycles. The van der Waals surface area contributed by atoms with Crippen molar-refractivity contribution in [3.8, 4) is 11.6 Å². The molecule has 0 bridgehead atoms. The summed E-state index contributed by atoms with van der Waals surface area (Å²) in [6, 6.07) is 7.08. The van der Waals surface area contributed by atoms with E-state index >= 15 is 0 Å². The second-order valence-electron chi connectivity index (χ2n) is 3.39. The smallest absolute Gasteiger partial charge is 0.240 e. The summed E-state index contributed by atoms with van der Waals surface area (Å²) >= 11 is 5.86. The molecule has 0 saturated heterocycles. The number of anilines is 1. The first-order valence-electron chi connectivity index (χ1n) is 4.92. The van der Waals surface area contributed by atoms with Crippen LogP contribution in [0.4, 0.5) is 5.95 Å². The Morgan fingerprint density at radius 1 is 1.41 bits per heavy atom. The van der Waals surface area contributed by atoms with E-state index in [4.69, 9.17) is 22.2 Å². The zero-order valence-electron chi connectivity index (χ0n) is 9.14. The van der Waals surface area contributed by atoms with Crippen LogP contribution in [-0.4, -0.2) is 9.97 Å². The van der Waals surface area contributed by atoms with E-state index in [0.29, 0.717) is 22.6 Å². The maximum atomic E-state index is 5.86. The summed E-state index contributed by atoms with van der Waals surface area (Å²) < 4.78 is 5.60. The van der Waals surface area contributed by atoms with Crippen LogP contribution in [0.5, 0.6) is 11.6 Å². The van der Waals surface area contributed by atoms with E-state index in [1.165, 1.54) is 0 Å². The molecular weight excluding hydrogens is 240 g/mol. The number of aromatic nitrogens is 2. The number of nitrogens with zero attached hydrogens (tertiary/aromatic N) is 2. The highest BCUT2D eigenvalue weighted by Gasteiger charge is 2.05. The van der Waals surface area contributed by atoms with Crippen molar-refractivity contribution in [1.29, 1.82) is 0 Å². The predicted octanol–water partition coefficient (Wildman–Crippen LogP) is 2.52. The number of benzene rings is 1. The lowest BCUT2D eigenvalue weighted by Crippen LogP contribution is -2.11. The molecule has 3 N–H and O–H groups in total. The molecule has 0 aliphatic heterocycles. The summed E-state index contributed by atoms with van der Waals surface area (Å²) in [5.41, 5.74) is 3.17. The van der Waals surface area contributed by atoms with Gasteiger partial charge < -0.3 is 4.74 Å². The van der Waals surface area contributed by atoms with Gasteiger partial charge in [-0.05, 0) is 25.1 Å². The third kappa shape index (κ3) is 2.83. The highest BCUT2D eigenvalue weighted by atomic mass is 35.5. The number of nitrogen functional groups attached to an aromatic ring is 1. The van der Waals surface area contributed by atoms with Gasteiger partial charge in [0.2, 0.25) is 11.8 Å². The number of nitrogens with two attached hydrogens (primary N) is 1. The molecule has 17 heavy (non-hydrogen) atoms. The molecular formula is C11H11ClN4O. The van der Waals surface area contributed by atoms with Crippen molar-refractivity contribution >= 4 is 17.5 Å². The van der Waals surface area contributed by atoms with Gasteiger partial charge in [-0.15, -0.1) is 0 Å². The molecule has 0 radical (unpaired) electrons. The van der Waals surface area contributed by atoms with Crippen molar-refractivity contribution < 1.29 is 4.74 Å². The van der Waals surface area contributed by atoms with Gasteiger partial charge in [0.15, 0.2) is 0 Å². The van der Waals surface area contributed by atoms with E-state index in [1.54, 1.807) is 30.5 Å². The number of nitrogens with one attached hydrogen (secondary N) is 1. The van der Waals surface area contributed by atoms with Crippen molar-refractivity contribution in [3.63, 3.8) is 0 Å². The third-order valence-corrected chi connectivity index (χ3v) is 2.30. The van der Waals surface area contributed by atoms with E-state index in [0.717, 1.165) is 5.56 Å². The van der Waals surface area contributed by atoms with E-state index < -0.39 is 0 Å². The molecule has 0 fully saturated rings. The van der Waals surface area contributed by atoms with E-state index in [2.05, 4.69) is 15.4 Å². The van der Waals surface area contributed by atoms with Crippen molar-refractivity contribution in [1.82, 2.24) is 9.97 Å². The lowest BCUT2D eigenvalue weighted by Gasteiger charge is -2.08. The van der Waals surface area contributed by atoms with Crippen molar-refractivity contribution in [2.24, 2.45) is 5.84 Å². The second kappa shape index (κ2) is 4.99. The Labute approximate surface area is 104 Å². The molecule has 88 valence electrons. The van der Waals surface area contributed by atoms with Crippen LogP contribution in [0, 0.1) is 6.92 Å². The maximum Gasteiger partial charge on any atom is 0.240 e. The fourth-order valence-corrected chi connectivity index (χ4v) is 1.42. The van der Waals surface area contributed by atoms with Crippen LogP contribution in [0.15, 0.2) is 30.5 Å². The number of hydrogen-bond acceptors (Lipinski definition) is 5. The average Bonchev–Trinajstić information content (AvgIpc) is 2.32. The number of hydrazine groups is 1. The third-order valence-electron chi connectivity index (χ3n) is 2.06. The highest BCUT2D eigenvalue weighted by Crippen LogP contribution is 2.25. The minimum Gasteiger partial charge on any atom is -0.439 e. The summed E-state index contributed by atoms with van der Waals surface area (Å²) in [7, 11) is 0. The molecule has 2 aromatic rings. The number of ether oxygens (including phenoxy) is 1. The van der Waals surface area contributed by atoms with E-state index in [9.17, 15) is 0 Å². The van der Waals surface area contributed by atoms with Crippen LogP contribution >= 0.6 is 11.6 Å². The topological polar surface area (TPSA) is 73.1 Å². The molecule has 0 unspecified atom stereocenters. The van der Waals surface area contributed by atoms with Gasteiger partial charge in [0.1, 0.15) is 5.75 Å². The SMILES string of the molecule is Cc1cnc(NN)nc1Oc1cccc(Cl)c1. The fraction of sp³-hybridized carbons (Fsp3) is 0.0909. The van der Waals surface area contributed by atoms with Crippen LogP contribution in [-0.2, 0) is 0 Å². The minimum atomic E-state index is 0.299. The van der Waals surface area contributed by atoms with Crippen LogP contribution in [0.1, 0.15) is 5.56 Å². The largest absolute Gasteiger partial charge is 0.439 e. The Hall–Kier alpha value is -1.85. The number of rotatable bonds is 3. The molecule has 1 heterocycles. The predicted molar refractivity (Wildman–Crippen MR) is 66.1 cm³/mol. The van der Waals surface area contributed by atoms with Crippen LogP contribution < -0.4 is 16.0 Å². The molecule has 0 atom stereocenters. The monoisotopic (exact) mass is 250 g/mol. The summed E-state index contributed by atoms with van der Waals surface area (Å²) in [5, 5.41) is 0.603. The maximum absolute atomic E-state index is 5.86. The normalized spacial score (nSPS) is 10.1. The fourth-order valence-electron chi connectivity index (χ4n) is 1.24. The molecule has 1 aromatic heterocycles. The van der Waals surface area contributed by atoms with E-state index in [-0.39, 0.29) is 0 Å². The lowest BCUT2D eigenvalue weighted by molar-refractivity contribution is 0.458. The quantitative estimate of drug-likeness (QED) is 0.647. The van der Waals surface area contributed by atoms with Gasteiger partial charge in [0.05, 0.1) is 0 Å². The standard InChI is InChI=1S/C11H11ClN4O/c1-7-6-14-11(16-13)15-10(7)17-9-4-2-3-8(12)5-9/h2-6H,13H2,1H3,(H,14,15,16). The van der Waals surface area contributed by atoms with Gasteiger partial charge >= 0.3 is 0 Å². The van der Waals surface area contributed by atoms with Gasteiger partial charge in [0, 0.05) is 16.8 Å². The Balaban J connectivity index is 2.29. The van der Waals surface area contributed by atoms with Crippen molar-refractivity contribution in [2.45, 2.75) is 6.92 Å². The van der Waals surface area contributed by atoms with Gasteiger partial charge in [-0.1, -0.05) is 17.7 Å².